The molecule has 0 amide bonds. The predicted molar refractivity (Wildman–Crippen MR) is 72.9 cm³/mol. The van der Waals surface area contributed by atoms with Gasteiger partial charge in [0, 0.05) is 18.5 Å². The Kier molecular flexibility index (Phi) is 4.13. The van der Waals surface area contributed by atoms with Crippen LogP contribution in [-0.2, 0) is 6.54 Å². The molecule has 1 atom stereocenters. The normalized spacial score (nSPS) is 24.0. The van der Waals surface area contributed by atoms with Crippen LogP contribution in [0.4, 0.5) is 0 Å². The van der Waals surface area contributed by atoms with Crippen LogP contribution < -0.4 is 5.32 Å². The fourth-order valence-corrected chi connectivity index (χ4v) is 2.72. The Morgan fingerprint density at radius 3 is 2.89 bits per heavy atom. The first-order valence-electron chi connectivity index (χ1n) is 7.63. The summed E-state index contributed by atoms with van der Waals surface area (Å²) in [4.78, 5) is 6.92. The number of likely N-dealkylation sites (N-methyl/N-ethyl adjacent to an activating group) is 1. The van der Waals surface area contributed by atoms with Crippen LogP contribution in [0.15, 0.2) is 4.52 Å². The van der Waals surface area contributed by atoms with Crippen LogP contribution in [0.25, 0.3) is 0 Å². The van der Waals surface area contributed by atoms with E-state index in [-0.39, 0.29) is 0 Å². The van der Waals surface area contributed by atoms with Gasteiger partial charge in [0.1, 0.15) is 0 Å². The average Bonchev–Trinajstić information content (AvgIpc) is 3.20. The van der Waals surface area contributed by atoms with E-state index in [9.17, 15) is 0 Å². The molecule has 1 saturated heterocycles. The molecule has 0 spiro atoms. The summed E-state index contributed by atoms with van der Waals surface area (Å²) in [6.07, 6.45) is 6.38. The average molecular weight is 264 g/mol. The Balaban J connectivity index is 1.52. The topological polar surface area (TPSA) is 54.2 Å². The Morgan fingerprint density at radius 2 is 2.21 bits per heavy atom. The highest BCUT2D eigenvalue weighted by Gasteiger charge is 2.29. The van der Waals surface area contributed by atoms with Crippen molar-refractivity contribution in [2.45, 2.75) is 57.5 Å². The first-order chi connectivity index (χ1) is 9.35. The van der Waals surface area contributed by atoms with Gasteiger partial charge in [-0.15, -0.1) is 0 Å². The van der Waals surface area contributed by atoms with E-state index < -0.39 is 0 Å². The lowest BCUT2D eigenvalue weighted by molar-refractivity contribution is 0.219. The SMILES string of the molecule is CCN(Cc1noc(C2CC2)n1)CC1CCCCN1. The van der Waals surface area contributed by atoms with Crippen LogP contribution in [0.3, 0.4) is 0 Å². The third-order valence-electron chi connectivity index (χ3n) is 4.11. The number of nitrogens with zero attached hydrogens (tertiary/aromatic N) is 3. The second kappa shape index (κ2) is 6.01. The first-order valence-corrected chi connectivity index (χ1v) is 7.63. The summed E-state index contributed by atoms with van der Waals surface area (Å²) >= 11 is 0. The molecule has 1 aromatic heterocycles. The van der Waals surface area contributed by atoms with Gasteiger partial charge in [0.25, 0.3) is 0 Å². The lowest BCUT2D eigenvalue weighted by atomic mass is 10.0. The van der Waals surface area contributed by atoms with Crippen molar-refractivity contribution in [3.63, 3.8) is 0 Å². The van der Waals surface area contributed by atoms with Gasteiger partial charge in [0.15, 0.2) is 5.82 Å². The van der Waals surface area contributed by atoms with Crippen molar-refractivity contribution < 1.29 is 4.52 Å². The molecule has 0 aromatic carbocycles. The minimum atomic E-state index is 0.552. The zero-order valence-corrected chi connectivity index (χ0v) is 11.8. The molecule has 1 N–H and O–H groups in total. The molecular formula is C14H24N4O. The zero-order valence-electron chi connectivity index (χ0n) is 11.8. The molecule has 5 heteroatoms. The molecule has 2 fully saturated rings. The second-order valence-corrected chi connectivity index (χ2v) is 5.80. The van der Waals surface area contributed by atoms with Gasteiger partial charge in [0.2, 0.25) is 5.89 Å². The van der Waals surface area contributed by atoms with Crippen LogP contribution in [-0.4, -0.2) is 40.7 Å². The molecule has 1 unspecified atom stereocenters. The largest absolute Gasteiger partial charge is 0.339 e. The fraction of sp³-hybridized carbons (Fsp3) is 0.857. The molecular weight excluding hydrogens is 240 g/mol. The molecule has 1 aliphatic heterocycles. The summed E-state index contributed by atoms with van der Waals surface area (Å²) in [6, 6.07) is 0.628. The quantitative estimate of drug-likeness (QED) is 0.850. The number of piperidine rings is 1. The highest BCUT2D eigenvalue weighted by Crippen LogP contribution is 2.38. The molecule has 1 saturated carbocycles. The van der Waals surface area contributed by atoms with Crippen molar-refractivity contribution in [3.8, 4) is 0 Å². The summed E-state index contributed by atoms with van der Waals surface area (Å²) in [5, 5.41) is 7.71. The third-order valence-corrected chi connectivity index (χ3v) is 4.11. The first kappa shape index (κ1) is 13.1. The molecule has 0 radical (unpaired) electrons. The van der Waals surface area contributed by atoms with Gasteiger partial charge in [0.05, 0.1) is 6.54 Å². The molecule has 3 rings (SSSR count). The molecule has 2 heterocycles. The summed E-state index contributed by atoms with van der Waals surface area (Å²) in [5.74, 6) is 2.25. The van der Waals surface area contributed by atoms with Crippen molar-refractivity contribution in [2.24, 2.45) is 0 Å². The Morgan fingerprint density at radius 1 is 1.32 bits per heavy atom. The van der Waals surface area contributed by atoms with Crippen LogP contribution in [0.5, 0.6) is 0 Å². The third kappa shape index (κ3) is 3.54. The van der Waals surface area contributed by atoms with Crippen molar-refractivity contribution >= 4 is 0 Å². The van der Waals surface area contributed by atoms with Crippen LogP contribution in [0.1, 0.15) is 56.7 Å². The van der Waals surface area contributed by atoms with E-state index >= 15 is 0 Å². The monoisotopic (exact) mass is 264 g/mol. The smallest absolute Gasteiger partial charge is 0.229 e. The standard InChI is InChI=1S/C14H24N4O/c1-2-18(9-12-5-3-4-8-15-12)10-13-16-14(19-17-13)11-6-7-11/h11-12,15H,2-10H2,1H3. The van der Waals surface area contributed by atoms with Crippen molar-refractivity contribution in [1.82, 2.24) is 20.4 Å². The molecule has 2 aliphatic rings. The van der Waals surface area contributed by atoms with Gasteiger partial charge >= 0.3 is 0 Å². The number of aromatic nitrogens is 2. The summed E-state index contributed by atoms with van der Waals surface area (Å²) in [7, 11) is 0. The zero-order chi connectivity index (χ0) is 13.1. The molecule has 19 heavy (non-hydrogen) atoms. The summed E-state index contributed by atoms with van der Waals surface area (Å²) < 4.78 is 5.32. The molecule has 1 aliphatic carbocycles. The van der Waals surface area contributed by atoms with E-state index in [1.807, 2.05) is 0 Å². The number of hydrogen-bond donors (Lipinski definition) is 1. The Labute approximate surface area is 114 Å². The van der Waals surface area contributed by atoms with Crippen molar-refractivity contribution in [3.05, 3.63) is 11.7 Å². The number of rotatable bonds is 6. The van der Waals surface area contributed by atoms with Gasteiger partial charge in [-0.1, -0.05) is 18.5 Å². The van der Waals surface area contributed by atoms with Gasteiger partial charge in [-0.3, -0.25) is 4.90 Å². The highest BCUT2D eigenvalue weighted by atomic mass is 16.5. The molecule has 0 bridgehead atoms. The molecule has 5 nitrogen and oxygen atoms in total. The number of nitrogens with one attached hydrogen (secondary N) is 1. The minimum Gasteiger partial charge on any atom is -0.339 e. The van der Waals surface area contributed by atoms with E-state index in [1.54, 1.807) is 0 Å². The highest BCUT2D eigenvalue weighted by molar-refractivity contribution is 5.01. The van der Waals surface area contributed by atoms with E-state index in [1.165, 1.54) is 32.1 Å². The van der Waals surface area contributed by atoms with Crippen LogP contribution >= 0.6 is 0 Å². The maximum atomic E-state index is 5.32. The van der Waals surface area contributed by atoms with Gasteiger partial charge in [-0.05, 0) is 38.8 Å². The van der Waals surface area contributed by atoms with E-state index in [0.717, 1.165) is 37.9 Å². The molecule has 1 aromatic rings. The van der Waals surface area contributed by atoms with Crippen molar-refractivity contribution in [2.75, 3.05) is 19.6 Å². The van der Waals surface area contributed by atoms with Gasteiger partial charge in [-0.25, -0.2) is 0 Å². The number of hydrogen-bond acceptors (Lipinski definition) is 5. The predicted octanol–water partition coefficient (Wildman–Crippen LogP) is 1.91. The Hall–Kier alpha value is -0.940. The van der Waals surface area contributed by atoms with E-state index in [2.05, 4.69) is 27.3 Å². The Bertz CT molecular complexity index is 396. The second-order valence-electron chi connectivity index (χ2n) is 5.80. The van der Waals surface area contributed by atoms with Crippen LogP contribution in [0.2, 0.25) is 0 Å². The lowest BCUT2D eigenvalue weighted by Gasteiger charge is -2.29. The molecule has 106 valence electrons. The van der Waals surface area contributed by atoms with Crippen LogP contribution in [0, 0.1) is 0 Å². The maximum Gasteiger partial charge on any atom is 0.229 e. The maximum absolute atomic E-state index is 5.32. The van der Waals surface area contributed by atoms with E-state index in [4.69, 9.17) is 4.52 Å². The van der Waals surface area contributed by atoms with Gasteiger partial charge in [-0.2, -0.15) is 4.98 Å². The van der Waals surface area contributed by atoms with Gasteiger partial charge < -0.3 is 9.84 Å². The fourth-order valence-electron chi connectivity index (χ4n) is 2.72. The minimum absolute atomic E-state index is 0.552. The van der Waals surface area contributed by atoms with E-state index in [0.29, 0.717) is 12.0 Å². The van der Waals surface area contributed by atoms with Crippen molar-refractivity contribution in [1.29, 1.82) is 0 Å². The lowest BCUT2D eigenvalue weighted by Crippen LogP contribution is -2.43. The summed E-state index contributed by atoms with van der Waals surface area (Å²) in [5.41, 5.74) is 0. The summed E-state index contributed by atoms with van der Waals surface area (Å²) in [6.45, 7) is 6.29.